The molecule has 7 heteroatoms. The van der Waals surface area contributed by atoms with Crippen molar-refractivity contribution in [3.05, 3.63) is 95.4 Å². The Morgan fingerprint density at radius 3 is 2.70 bits per heavy atom. The van der Waals surface area contributed by atoms with E-state index >= 15 is 0 Å². The number of ether oxygens (including phenoxy) is 1. The monoisotopic (exact) mass is 437 g/mol. The number of carbonyl (C=O) groups is 1. The lowest BCUT2D eigenvalue weighted by Gasteiger charge is -2.31. The molecule has 2 aromatic carbocycles. The molecule has 1 amide bonds. The van der Waals surface area contributed by atoms with Crippen molar-refractivity contribution in [3.63, 3.8) is 0 Å². The molecule has 0 unspecified atom stereocenters. The van der Waals surface area contributed by atoms with Gasteiger partial charge < -0.3 is 9.64 Å². The average molecular weight is 438 g/mol. The van der Waals surface area contributed by atoms with E-state index in [4.69, 9.17) is 4.74 Å². The number of benzene rings is 2. The molecule has 0 radical (unpaired) electrons. The Hall–Kier alpha value is -4.18. The Kier molecular flexibility index (Phi) is 5.73. The molecule has 1 aliphatic heterocycles. The predicted molar refractivity (Wildman–Crippen MR) is 123 cm³/mol. The second-order valence-corrected chi connectivity index (χ2v) is 8.14. The number of pyridine rings is 1. The maximum absolute atomic E-state index is 13.1. The summed E-state index contributed by atoms with van der Waals surface area (Å²) in [6, 6.07) is 22.7. The number of hydrogen-bond acceptors (Lipinski definition) is 5. The van der Waals surface area contributed by atoms with Crippen molar-refractivity contribution in [2.24, 2.45) is 0 Å². The van der Waals surface area contributed by atoms with Gasteiger partial charge in [-0.3, -0.25) is 9.20 Å². The van der Waals surface area contributed by atoms with Crippen LogP contribution in [0.1, 0.15) is 46.1 Å². The SMILES string of the molecule is N#Cc1ccccc1COc1cccc(C(=O)N2CCC(c3nnc4ccccn34)CC2)c1. The van der Waals surface area contributed by atoms with E-state index in [1.807, 2.05) is 70.1 Å². The maximum atomic E-state index is 13.1. The van der Waals surface area contributed by atoms with E-state index in [1.54, 1.807) is 12.1 Å². The zero-order chi connectivity index (χ0) is 22.6. The van der Waals surface area contributed by atoms with Crippen LogP contribution in [-0.4, -0.2) is 38.5 Å². The summed E-state index contributed by atoms with van der Waals surface area (Å²) in [7, 11) is 0. The topological polar surface area (TPSA) is 83.5 Å². The summed E-state index contributed by atoms with van der Waals surface area (Å²) >= 11 is 0. The minimum absolute atomic E-state index is 0.00225. The van der Waals surface area contributed by atoms with E-state index in [1.165, 1.54) is 0 Å². The molecule has 33 heavy (non-hydrogen) atoms. The molecule has 3 heterocycles. The van der Waals surface area contributed by atoms with E-state index in [0.717, 1.165) is 29.9 Å². The molecule has 4 aromatic rings. The number of nitrogens with zero attached hydrogens (tertiary/aromatic N) is 5. The summed E-state index contributed by atoms with van der Waals surface area (Å²) in [4.78, 5) is 15.0. The molecule has 1 aliphatic rings. The lowest BCUT2D eigenvalue weighted by atomic mass is 9.95. The van der Waals surface area contributed by atoms with Gasteiger partial charge in [-0.05, 0) is 49.2 Å². The zero-order valence-corrected chi connectivity index (χ0v) is 18.1. The van der Waals surface area contributed by atoms with Crippen LogP contribution in [0.5, 0.6) is 5.75 Å². The fourth-order valence-corrected chi connectivity index (χ4v) is 4.30. The molecule has 2 aromatic heterocycles. The van der Waals surface area contributed by atoms with Gasteiger partial charge in [-0.25, -0.2) is 0 Å². The Labute approximate surface area is 191 Å². The van der Waals surface area contributed by atoms with Crippen molar-refractivity contribution in [1.82, 2.24) is 19.5 Å². The third-order valence-corrected chi connectivity index (χ3v) is 6.10. The van der Waals surface area contributed by atoms with Crippen molar-refractivity contribution < 1.29 is 9.53 Å². The molecular formula is C26H23N5O2. The van der Waals surface area contributed by atoms with Crippen LogP contribution in [0.3, 0.4) is 0 Å². The van der Waals surface area contributed by atoms with Gasteiger partial charge in [-0.1, -0.05) is 30.3 Å². The summed E-state index contributed by atoms with van der Waals surface area (Å²) in [5, 5.41) is 17.9. The molecule has 5 rings (SSSR count). The van der Waals surface area contributed by atoms with Crippen LogP contribution < -0.4 is 4.74 Å². The average Bonchev–Trinajstić information content (AvgIpc) is 3.32. The molecule has 0 bridgehead atoms. The first-order chi connectivity index (χ1) is 16.2. The number of hydrogen-bond donors (Lipinski definition) is 0. The fraction of sp³-hybridized carbons (Fsp3) is 0.231. The predicted octanol–water partition coefficient (Wildman–Crippen LogP) is 4.20. The van der Waals surface area contributed by atoms with Crippen LogP contribution in [0, 0.1) is 11.3 Å². The molecule has 1 fully saturated rings. The van der Waals surface area contributed by atoms with Gasteiger partial charge in [0.2, 0.25) is 0 Å². The minimum Gasteiger partial charge on any atom is -0.489 e. The third kappa shape index (κ3) is 4.28. The van der Waals surface area contributed by atoms with Crippen LogP contribution in [0.25, 0.3) is 5.65 Å². The molecule has 0 N–H and O–H groups in total. The number of likely N-dealkylation sites (tertiary alicyclic amines) is 1. The van der Waals surface area contributed by atoms with Crippen LogP contribution in [0.15, 0.2) is 72.9 Å². The first kappa shape index (κ1) is 20.7. The summed E-state index contributed by atoms with van der Waals surface area (Å²) in [5.41, 5.74) is 2.86. The van der Waals surface area contributed by atoms with Crippen molar-refractivity contribution >= 4 is 11.6 Å². The number of amides is 1. The molecule has 7 nitrogen and oxygen atoms in total. The number of carbonyl (C=O) groups excluding carboxylic acids is 1. The van der Waals surface area contributed by atoms with Crippen LogP contribution in [-0.2, 0) is 6.61 Å². The van der Waals surface area contributed by atoms with E-state index in [-0.39, 0.29) is 18.4 Å². The van der Waals surface area contributed by atoms with Gasteiger partial charge in [0.05, 0.1) is 11.6 Å². The first-order valence-corrected chi connectivity index (χ1v) is 11.0. The molecule has 164 valence electrons. The van der Waals surface area contributed by atoms with E-state index in [9.17, 15) is 10.1 Å². The van der Waals surface area contributed by atoms with Gasteiger partial charge in [0.25, 0.3) is 5.91 Å². The van der Waals surface area contributed by atoms with E-state index in [2.05, 4.69) is 16.3 Å². The second kappa shape index (κ2) is 9.13. The van der Waals surface area contributed by atoms with Gasteiger partial charge in [0.15, 0.2) is 5.65 Å². The molecular weight excluding hydrogens is 414 g/mol. The molecule has 0 aliphatic carbocycles. The fourth-order valence-electron chi connectivity index (χ4n) is 4.30. The van der Waals surface area contributed by atoms with Crippen LogP contribution >= 0.6 is 0 Å². The van der Waals surface area contributed by atoms with Gasteiger partial charge >= 0.3 is 0 Å². The molecule has 0 spiro atoms. The Balaban J connectivity index is 1.23. The summed E-state index contributed by atoms with van der Waals surface area (Å²) in [6.07, 6.45) is 3.69. The first-order valence-electron chi connectivity index (χ1n) is 11.0. The number of aromatic nitrogens is 3. The highest BCUT2D eigenvalue weighted by Gasteiger charge is 2.27. The van der Waals surface area contributed by atoms with Crippen molar-refractivity contribution in [1.29, 1.82) is 5.26 Å². The highest BCUT2D eigenvalue weighted by Crippen LogP contribution is 2.28. The number of piperidine rings is 1. The van der Waals surface area contributed by atoms with Crippen LogP contribution in [0.4, 0.5) is 0 Å². The lowest BCUT2D eigenvalue weighted by molar-refractivity contribution is 0.0710. The molecule has 0 atom stereocenters. The highest BCUT2D eigenvalue weighted by molar-refractivity contribution is 5.94. The molecule has 0 saturated carbocycles. The summed E-state index contributed by atoms with van der Waals surface area (Å²) < 4.78 is 7.91. The lowest BCUT2D eigenvalue weighted by Crippen LogP contribution is -2.38. The van der Waals surface area contributed by atoms with Gasteiger partial charge in [-0.2, -0.15) is 5.26 Å². The third-order valence-electron chi connectivity index (χ3n) is 6.10. The standard InChI is InChI=1S/C26H23N5O2/c27-17-21-6-1-2-7-22(21)18-33-23-9-5-8-20(16-23)26(32)30-14-11-19(12-15-30)25-29-28-24-10-3-4-13-31(24)25/h1-10,13,16,19H,11-12,14-15,18H2. The smallest absolute Gasteiger partial charge is 0.253 e. The summed E-state index contributed by atoms with van der Waals surface area (Å²) in [5.74, 6) is 1.85. The van der Waals surface area contributed by atoms with Crippen LogP contribution in [0.2, 0.25) is 0 Å². The highest BCUT2D eigenvalue weighted by atomic mass is 16.5. The number of nitriles is 1. The Bertz CT molecular complexity index is 1330. The quantitative estimate of drug-likeness (QED) is 0.467. The number of rotatable bonds is 5. The normalized spacial score (nSPS) is 14.2. The Morgan fingerprint density at radius 2 is 1.85 bits per heavy atom. The largest absolute Gasteiger partial charge is 0.489 e. The van der Waals surface area contributed by atoms with Crippen molar-refractivity contribution in [2.45, 2.75) is 25.4 Å². The van der Waals surface area contributed by atoms with Crippen molar-refractivity contribution in [2.75, 3.05) is 13.1 Å². The van der Waals surface area contributed by atoms with Gasteiger partial charge in [0, 0.05) is 36.3 Å². The van der Waals surface area contributed by atoms with E-state index < -0.39 is 0 Å². The van der Waals surface area contributed by atoms with E-state index in [0.29, 0.717) is 30.0 Å². The number of fused-ring (bicyclic) bond motifs is 1. The maximum Gasteiger partial charge on any atom is 0.253 e. The summed E-state index contributed by atoms with van der Waals surface area (Å²) in [6.45, 7) is 1.62. The second-order valence-electron chi connectivity index (χ2n) is 8.14. The zero-order valence-electron chi connectivity index (χ0n) is 18.1. The van der Waals surface area contributed by atoms with Gasteiger partial charge in [-0.15, -0.1) is 10.2 Å². The van der Waals surface area contributed by atoms with Gasteiger partial charge in [0.1, 0.15) is 18.2 Å². The minimum atomic E-state index is 0.00225. The Morgan fingerprint density at radius 1 is 1.03 bits per heavy atom. The molecule has 1 saturated heterocycles. The van der Waals surface area contributed by atoms with Crippen molar-refractivity contribution in [3.8, 4) is 11.8 Å².